The summed E-state index contributed by atoms with van der Waals surface area (Å²) in [5.41, 5.74) is -2.27. The highest BCUT2D eigenvalue weighted by atomic mass is 35.5. The molecule has 0 aromatic rings. The van der Waals surface area contributed by atoms with Gasteiger partial charge in [-0.25, -0.2) is 0 Å². The van der Waals surface area contributed by atoms with Gasteiger partial charge in [-0.1, -0.05) is 46.3 Å². The first-order chi connectivity index (χ1) is 16.8. The molecule has 8 atom stereocenters. The Labute approximate surface area is 217 Å². The summed E-state index contributed by atoms with van der Waals surface area (Å²) in [5, 5.41) is 11.8. The molecule has 0 aromatic heterocycles. The Morgan fingerprint density at radius 1 is 1.14 bits per heavy atom. The van der Waals surface area contributed by atoms with E-state index in [9.17, 15) is 24.3 Å². The molecule has 0 spiro atoms. The van der Waals surface area contributed by atoms with Crippen molar-refractivity contribution >= 4 is 35.1 Å². The van der Waals surface area contributed by atoms with Crippen LogP contribution in [0, 0.1) is 28.6 Å². The molecule has 4 aliphatic rings. The number of halogens is 1. The largest absolute Gasteiger partial charge is 0.457 e. The van der Waals surface area contributed by atoms with Crippen LogP contribution in [0.4, 0.5) is 0 Å². The first-order valence-electron chi connectivity index (χ1n) is 13.0. The third kappa shape index (κ3) is 3.48. The van der Waals surface area contributed by atoms with Crippen molar-refractivity contribution in [1.29, 1.82) is 0 Å². The number of carbonyl (C=O) groups excluding carboxylic acids is 4. The van der Waals surface area contributed by atoms with Crippen LogP contribution in [0.3, 0.4) is 0 Å². The van der Waals surface area contributed by atoms with Gasteiger partial charge in [0.1, 0.15) is 0 Å². The molecule has 36 heavy (non-hydrogen) atoms. The molecule has 0 amide bonds. The van der Waals surface area contributed by atoms with Gasteiger partial charge in [-0.2, -0.15) is 0 Å². The Bertz CT molecular complexity index is 1050. The summed E-state index contributed by atoms with van der Waals surface area (Å²) < 4.78 is 11.3. The highest BCUT2D eigenvalue weighted by Crippen LogP contribution is 2.72. The molecule has 1 N–H and O–H groups in total. The van der Waals surface area contributed by atoms with Gasteiger partial charge in [-0.05, 0) is 49.7 Å². The fourth-order valence-corrected chi connectivity index (χ4v) is 8.53. The highest BCUT2D eigenvalue weighted by Gasteiger charge is 2.76. The van der Waals surface area contributed by atoms with E-state index in [0.29, 0.717) is 19.3 Å². The fraction of sp³-hybridized carbons (Fsp3) is 0.714. The summed E-state index contributed by atoms with van der Waals surface area (Å²) in [6.07, 6.45) is 6.18. The Morgan fingerprint density at radius 2 is 1.81 bits per heavy atom. The molecule has 4 aliphatic carbocycles. The van der Waals surface area contributed by atoms with E-state index < -0.39 is 51.7 Å². The minimum Gasteiger partial charge on any atom is -0.457 e. The van der Waals surface area contributed by atoms with Crippen LogP contribution in [0.15, 0.2) is 23.8 Å². The van der Waals surface area contributed by atoms with E-state index in [4.69, 9.17) is 21.1 Å². The van der Waals surface area contributed by atoms with Gasteiger partial charge in [-0.15, -0.1) is 11.6 Å². The summed E-state index contributed by atoms with van der Waals surface area (Å²) in [7, 11) is 0. The monoisotopic (exact) mass is 520 g/mol. The average Bonchev–Trinajstić information content (AvgIpc) is 3.05. The van der Waals surface area contributed by atoms with Gasteiger partial charge >= 0.3 is 11.9 Å². The highest BCUT2D eigenvalue weighted by molar-refractivity contribution is 6.26. The van der Waals surface area contributed by atoms with Crippen molar-refractivity contribution < 1.29 is 33.8 Å². The van der Waals surface area contributed by atoms with E-state index in [1.807, 2.05) is 26.8 Å². The van der Waals surface area contributed by atoms with Crippen LogP contribution < -0.4 is 0 Å². The number of ketones is 2. The standard InChI is InChI=1S/C28H37ClO7/c1-6-23(33)35-15-22(32)28(36-24(34)7-2)16(3)12-20-19-9-8-17-13-18(30)10-11-25(17,4)27(19,29)21(31)14-26(20,28)5/h10-11,13,16,19-21,31H,6-9,12,14-15H2,1-5H3/t16-,19+,20+,21-,25-,26+,27+,28+/m0/s1. The number of aliphatic hydroxyl groups excluding tert-OH is 1. The average molecular weight is 521 g/mol. The molecular formula is C28H37ClO7. The van der Waals surface area contributed by atoms with Crippen LogP contribution in [0.2, 0.25) is 0 Å². The van der Waals surface area contributed by atoms with Crippen molar-refractivity contribution in [1.82, 2.24) is 0 Å². The van der Waals surface area contributed by atoms with Crippen LogP contribution in [-0.2, 0) is 28.7 Å². The van der Waals surface area contributed by atoms with E-state index in [-0.39, 0.29) is 42.8 Å². The van der Waals surface area contributed by atoms with E-state index in [1.54, 1.807) is 19.9 Å². The van der Waals surface area contributed by atoms with Crippen molar-refractivity contribution in [2.24, 2.45) is 28.6 Å². The predicted octanol–water partition coefficient (Wildman–Crippen LogP) is 4.09. The van der Waals surface area contributed by atoms with Crippen LogP contribution in [0.1, 0.15) is 73.1 Å². The second-order valence-electron chi connectivity index (χ2n) is 11.4. The molecule has 4 rings (SSSR count). The van der Waals surface area contributed by atoms with E-state index in [2.05, 4.69) is 0 Å². The maximum atomic E-state index is 13.9. The lowest BCUT2D eigenvalue weighted by molar-refractivity contribution is -0.203. The number of aliphatic hydroxyl groups is 1. The van der Waals surface area contributed by atoms with Gasteiger partial charge in [0.05, 0.1) is 11.0 Å². The Hall–Kier alpha value is -1.99. The van der Waals surface area contributed by atoms with Gasteiger partial charge < -0.3 is 14.6 Å². The molecular weight excluding hydrogens is 484 g/mol. The summed E-state index contributed by atoms with van der Waals surface area (Å²) in [6.45, 7) is 8.61. The van der Waals surface area contributed by atoms with Crippen LogP contribution in [0.5, 0.6) is 0 Å². The van der Waals surface area contributed by atoms with Crippen molar-refractivity contribution in [3.05, 3.63) is 23.8 Å². The molecule has 0 aromatic carbocycles. The third-order valence-electron chi connectivity index (χ3n) is 9.81. The summed E-state index contributed by atoms with van der Waals surface area (Å²) >= 11 is 7.48. The predicted molar refractivity (Wildman–Crippen MR) is 133 cm³/mol. The van der Waals surface area contributed by atoms with Gasteiger partial charge in [0, 0.05) is 29.6 Å². The van der Waals surface area contributed by atoms with Crippen LogP contribution in [0.25, 0.3) is 0 Å². The lowest BCUT2D eigenvalue weighted by atomic mass is 9.45. The van der Waals surface area contributed by atoms with Crippen LogP contribution in [-0.4, -0.2) is 51.8 Å². The van der Waals surface area contributed by atoms with E-state index >= 15 is 0 Å². The quantitative estimate of drug-likeness (QED) is 0.415. The molecule has 3 fully saturated rings. The van der Waals surface area contributed by atoms with Crippen molar-refractivity contribution in [2.75, 3.05) is 6.61 Å². The van der Waals surface area contributed by atoms with Crippen LogP contribution >= 0.6 is 11.6 Å². The summed E-state index contributed by atoms with van der Waals surface area (Å²) in [4.78, 5) is 49.5. The lowest BCUT2D eigenvalue weighted by Crippen LogP contribution is -2.69. The fourth-order valence-electron chi connectivity index (χ4n) is 8.01. The van der Waals surface area contributed by atoms with Gasteiger partial charge in [0.25, 0.3) is 0 Å². The molecule has 0 radical (unpaired) electrons. The molecule has 8 heteroatoms. The molecule has 3 saturated carbocycles. The molecule has 0 heterocycles. The summed E-state index contributed by atoms with van der Waals surface area (Å²) in [6, 6.07) is 0. The molecule has 7 nitrogen and oxygen atoms in total. The number of hydrogen-bond donors (Lipinski definition) is 1. The third-order valence-corrected chi connectivity index (χ3v) is 10.7. The molecule has 0 saturated heterocycles. The number of Topliss-reactive ketones (excluding diaryl/α,β-unsaturated/α-hetero) is 1. The number of hydrogen-bond acceptors (Lipinski definition) is 7. The second-order valence-corrected chi connectivity index (χ2v) is 12.0. The number of allylic oxidation sites excluding steroid dienone is 4. The summed E-state index contributed by atoms with van der Waals surface area (Å²) in [5.74, 6) is -2.24. The second kappa shape index (κ2) is 9.09. The Balaban J connectivity index is 1.80. The van der Waals surface area contributed by atoms with Crippen molar-refractivity contribution in [3.63, 3.8) is 0 Å². The maximum absolute atomic E-state index is 13.9. The lowest BCUT2D eigenvalue weighted by Gasteiger charge is -2.64. The molecule has 198 valence electrons. The van der Waals surface area contributed by atoms with Gasteiger partial charge in [0.15, 0.2) is 18.0 Å². The number of fused-ring (bicyclic) bond motifs is 5. The molecule has 0 unspecified atom stereocenters. The topological polar surface area (TPSA) is 107 Å². The zero-order chi connectivity index (χ0) is 26.7. The van der Waals surface area contributed by atoms with Gasteiger partial charge in [-0.3, -0.25) is 19.2 Å². The van der Waals surface area contributed by atoms with E-state index in [0.717, 1.165) is 5.57 Å². The van der Waals surface area contributed by atoms with E-state index in [1.165, 1.54) is 6.08 Å². The molecule has 0 aliphatic heterocycles. The Kier molecular flexibility index (Phi) is 6.83. The Morgan fingerprint density at radius 3 is 2.44 bits per heavy atom. The number of esters is 2. The maximum Gasteiger partial charge on any atom is 0.306 e. The zero-order valence-electron chi connectivity index (χ0n) is 21.8. The first kappa shape index (κ1) is 27.1. The first-order valence-corrected chi connectivity index (χ1v) is 13.4. The number of carbonyl (C=O) groups is 4. The van der Waals surface area contributed by atoms with Gasteiger partial charge in [0.2, 0.25) is 5.78 Å². The molecule has 0 bridgehead atoms. The zero-order valence-corrected chi connectivity index (χ0v) is 22.5. The minimum atomic E-state index is -1.55. The number of ether oxygens (including phenoxy) is 2. The van der Waals surface area contributed by atoms with Crippen molar-refractivity contribution in [3.8, 4) is 0 Å². The number of alkyl halides is 1. The SMILES string of the molecule is CCC(=O)OCC(=O)[C@]1(OC(=O)CC)[C@@H](C)C[C@@H]2[C@H]3CCC4=CC(=O)C=C[C@]4(C)[C@]3(Cl)[C@@H](O)C[C@]21C. The van der Waals surface area contributed by atoms with Crippen molar-refractivity contribution in [2.45, 2.75) is 89.7 Å². The number of rotatable bonds is 6. The smallest absolute Gasteiger partial charge is 0.306 e. The normalized spacial score (nSPS) is 43.1. The minimum absolute atomic E-state index is 0.0801.